The maximum atomic E-state index is 11.9. The SMILES string of the molecule is Cc1nc(CCCNC(=O)c2c[nH]c(=O)c(Cl)c2)sc1C. The Morgan fingerprint density at radius 1 is 1.48 bits per heavy atom. The molecular formula is C14H16ClN3O2S. The highest BCUT2D eigenvalue weighted by molar-refractivity contribution is 7.11. The van der Waals surface area contributed by atoms with Crippen molar-refractivity contribution in [1.82, 2.24) is 15.3 Å². The Hall–Kier alpha value is -1.66. The summed E-state index contributed by atoms with van der Waals surface area (Å²) in [5, 5.41) is 3.89. The summed E-state index contributed by atoms with van der Waals surface area (Å²) in [7, 11) is 0. The fourth-order valence-electron chi connectivity index (χ4n) is 1.78. The number of pyridine rings is 1. The summed E-state index contributed by atoms with van der Waals surface area (Å²) in [4.78, 5) is 31.1. The van der Waals surface area contributed by atoms with Crippen molar-refractivity contribution in [3.63, 3.8) is 0 Å². The Balaban J connectivity index is 1.81. The van der Waals surface area contributed by atoms with Crippen LogP contribution >= 0.6 is 22.9 Å². The molecule has 2 heterocycles. The van der Waals surface area contributed by atoms with Crippen LogP contribution in [0.5, 0.6) is 0 Å². The molecule has 2 aromatic heterocycles. The van der Waals surface area contributed by atoms with Crippen molar-refractivity contribution in [2.24, 2.45) is 0 Å². The van der Waals surface area contributed by atoms with E-state index in [0.29, 0.717) is 12.1 Å². The number of amides is 1. The van der Waals surface area contributed by atoms with Crippen LogP contribution in [0.3, 0.4) is 0 Å². The fraction of sp³-hybridized carbons (Fsp3) is 0.357. The number of carbonyl (C=O) groups excluding carboxylic acids is 1. The molecule has 0 saturated carbocycles. The van der Waals surface area contributed by atoms with Crippen LogP contribution in [-0.2, 0) is 6.42 Å². The zero-order valence-electron chi connectivity index (χ0n) is 11.8. The van der Waals surface area contributed by atoms with Crippen molar-refractivity contribution in [3.8, 4) is 0 Å². The molecule has 0 unspecified atom stereocenters. The molecule has 0 aliphatic rings. The smallest absolute Gasteiger partial charge is 0.266 e. The van der Waals surface area contributed by atoms with E-state index in [-0.39, 0.29) is 10.9 Å². The van der Waals surface area contributed by atoms with Crippen LogP contribution < -0.4 is 10.9 Å². The predicted octanol–water partition coefficient (Wildman–Crippen LogP) is 2.46. The quantitative estimate of drug-likeness (QED) is 0.829. The molecule has 5 nitrogen and oxygen atoms in total. The van der Waals surface area contributed by atoms with Gasteiger partial charge in [-0.1, -0.05) is 11.6 Å². The predicted molar refractivity (Wildman–Crippen MR) is 84.3 cm³/mol. The first kappa shape index (κ1) is 15.7. The summed E-state index contributed by atoms with van der Waals surface area (Å²) in [6.07, 6.45) is 3.01. The van der Waals surface area contributed by atoms with E-state index in [4.69, 9.17) is 11.6 Å². The highest BCUT2D eigenvalue weighted by Crippen LogP contribution is 2.17. The van der Waals surface area contributed by atoms with Gasteiger partial charge in [0, 0.05) is 24.0 Å². The van der Waals surface area contributed by atoms with Gasteiger partial charge in [-0.05, 0) is 26.3 Å². The van der Waals surface area contributed by atoms with Gasteiger partial charge in [0.05, 0.1) is 16.3 Å². The van der Waals surface area contributed by atoms with Gasteiger partial charge < -0.3 is 10.3 Å². The normalized spacial score (nSPS) is 10.6. The second-order valence-electron chi connectivity index (χ2n) is 4.67. The maximum absolute atomic E-state index is 11.9. The topological polar surface area (TPSA) is 74.8 Å². The number of hydrogen-bond donors (Lipinski definition) is 2. The van der Waals surface area contributed by atoms with E-state index < -0.39 is 5.56 Å². The van der Waals surface area contributed by atoms with Crippen LogP contribution in [0.15, 0.2) is 17.1 Å². The van der Waals surface area contributed by atoms with E-state index in [1.54, 1.807) is 11.3 Å². The Kier molecular flexibility index (Phi) is 5.14. The highest BCUT2D eigenvalue weighted by atomic mass is 35.5. The van der Waals surface area contributed by atoms with Crippen LogP contribution in [0.25, 0.3) is 0 Å². The van der Waals surface area contributed by atoms with E-state index >= 15 is 0 Å². The third-order valence-electron chi connectivity index (χ3n) is 3.05. The Morgan fingerprint density at radius 3 is 2.86 bits per heavy atom. The van der Waals surface area contributed by atoms with Gasteiger partial charge in [-0.2, -0.15) is 0 Å². The number of nitrogens with zero attached hydrogens (tertiary/aromatic N) is 1. The zero-order chi connectivity index (χ0) is 15.4. The minimum absolute atomic E-state index is 0.0105. The van der Waals surface area contributed by atoms with Crippen LogP contribution in [0.1, 0.15) is 32.4 Å². The summed E-state index contributed by atoms with van der Waals surface area (Å²) in [6.45, 7) is 4.60. The van der Waals surface area contributed by atoms with Gasteiger partial charge in [-0.3, -0.25) is 9.59 Å². The molecule has 0 aromatic carbocycles. The zero-order valence-corrected chi connectivity index (χ0v) is 13.4. The van der Waals surface area contributed by atoms with Gasteiger partial charge >= 0.3 is 0 Å². The molecule has 0 saturated heterocycles. The number of aromatic nitrogens is 2. The molecule has 0 aliphatic heterocycles. The average Bonchev–Trinajstić information content (AvgIpc) is 2.76. The average molecular weight is 326 g/mol. The Bertz CT molecular complexity index is 689. The van der Waals surface area contributed by atoms with E-state index in [0.717, 1.165) is 23.5 Å². The van der Waals surface area contributed by atoms with Gasteiger partial charge in [0.2, 0.25) is 0 Å². The van der Waals surface area contributed by atoms with Crippen LogP contribution in [0.4, 0.5) is 0 Å². The lowest BCUT2D eigenvalue weighted by Crippen LogP contribution is -2.25. The van der Waals surface area contributed by atoms with Crippen molar-refractivity contribution < 1.29 is 4.79 Å². The van der Waals surface area contributed by atoms with Crippen molar-refractivity contribution in [1.29, 1.82) is 0 Å². The van der Waals surface area contributed by atoms with Crippen molar-refractivity contribution >= 4 is 28.8 Å². The number of carbonyl (C=O) groups is 1. The molecule has 0 atom stereocenters. The van der Waals surface area contributed by atoms with Gasteiger partial charge in [0.1, 0.15) is 5.02 Å². The molecule has 2 aromatic rings. The number of halogens is 1. The van der Waals surface area contributed by atoms with E-state index in [1.165, 1.54) is 17.1 Å². The molecule has 1 amide bonds. The summed E-state index contributed by atoms with van der Waals surface area (Å²) in [6, 6.07) is 1.36. The summed E-state index contributed by atoms with van der Waals surface area (Å²) >= 11 is 7.38. The maximum Gasteiger partial charge on any atom is 0.266 e. The minimum Gasteiger partial charge on any atom is -0.352 e. The lowest BCUT2D eigenvalue weighted by Gasteiger charge is -2.04. The van der Waals surface area contributed by atoms with Crippen molar-refractivity contribution in [3.05, 3.63) is 48.8 Å². The highest BCUT2D eigenvalue weighted by Gasteiger charge is 2.08. The van der Waals surface area contributed by atoms with Crippen molar-refractivity contribution in [2.45, 2.75) is 26.7 Å². The lowest BCUT2D eigenvalue weighted by molar-refractivity contribution is 0.0953. The number of rotatable bonds is 5. The molecule has 112 valence electrons. The van der Waals surface area contributed by atoms with Gasteiger partial charge in [-0.25, -0.2) is 4.98 Å². The molecule has 21 heavy (non-hydrogen) atoms. The largest absolute Gasteiger partial charge is 0.352 e. The summed E-state index contributed by atoms with van der Waals surface area (Å²) in [5.41, 5.74) is 1.02. The molecule has 2 N–H and O–H groups in total. The standard InChI is InChI=1S/C14H16ClN3O2S/c1-8-9(2)21-12(18-8)4-3-5-16-13(19)10-6-11(15)14(20)17-7-10/h6-7H,3-5H2,1-2H3,(H,16,19)(H,17,20). The second kappa shape index (κ2) is 6.87. The van der Waals surface area contributed by atoms with Gasteiger partial charge in [-0.15, -0.1) is 11.3 Å². The number of H-pyrrole nitrogens is 1. The number of nitrogens with one attached hydrogen (secondary N) is 2. The molecule has 7 heteroatoms. The van der Waals surface area contributed by atoms with Gasteiger partial charge in [0.25, 0.3) is 11.5 Å². The molecule has 0 aliphatic carbocycles. The second-order valence-corrected chi connectivity index (χ2v) is 6.37. The molecule has 0 spiro atoms. The third kappa shape index (κ3) is 4.15. The van der Waals surface area contributed by atoms with E-state index in [2.05, 4.69) is 22.2 Å². The van der Waals surface area contributed by atoms with E-state index in [1.807, 2.05) is 6.92 Å². The first-order chi connectivity index (χ1) is 9.97. The monoisotopic (exact) mass is 325 g/mol. The van der Waals surface area contributed by atoms with Crippen LogP contribution in [0.2, 0.25) is 5.02 Å². The van der Waals surface area contributed by atoms with Crippen LogP contribution in [-0.4, -0.2) is 22.4 Å². The molecule has 0 bridgehead atoms. The first-order valence-corrected chi connectivity index (χ1v) is 7.76. The van der Waals surface area contributed by atoms with E-state index in [9.17, 15) is 9.59 Å². The lowest BCUT2D eigenvalue weighted by atomic mass is 10.2. The van der Waals surface area contributed by atoms with Crippen LogP contribution in [0, 0.1) is 13.8 Å². The Labute approximate surface area is 131 Å². The number of hydrogen-bond acceptors (Lipinski definition) is 4. The summed E-state index contributed by atoms with van der Waals surface area (Å²) < 4.78 is 0. The summed E-state index contributed by atoms with van der Waals surface area (Å²) in [5.74, 6) is -0.250. The molecule has 0 fully saturated rings. The van der Waals surface area contributed by atoms with Gasteiger partial charge in [0.15, 0.2) is 0 Å². The fourth-order valence-corrected chi connectivity index (χ4v) is 2.92. The molecule has 2 rings (SSSR count). The number of aryl methyl sites for hydroxylation is 3. The first-order valence-electron chi connectivity index (χ1n) is 6.56. The van der Waals surface area contributed by atoms with Crippen molar-refractivity contribution in [2.75, 3.05) is 6.54 Å². The Morgan fingerprint density at radius 2 is 2.24 bits per heavy atom. The molecular weight excluding hydrogens is 310 g/mol. The number of aromatic amines is 1. The molecule has 0 radical (unpaired) electrons. The minimum atomic E-state index is -0.400. The third-order valence-corrected chi connectivity index (χ3v) is 4.46. The number of thiazole rings is 1.